The smallest absolute Gasteiger partial charge is 0.316 e. The highest BCUT2D eigenvalue weighted by Gasteiger charge is 2.35. The molecule has 1 aliphatic rings. The molecule has 0 radical (unpaired) electrons. The minimum Gasteiger partial charge on any atom is -0.465 e. The fourth-order valence-corrected chi connectivity index (χ4v) is 5.02. The van der Waals surface area contributed by atoms with Gasteiger partial charge in [-0.2, -0.15) is 5.26 Å². The molecule has 1 amide bonds. The molecule has 0 unspecified atom stereocenters. The lowest BCUT2D eigenvalue weighted by atomic mass is 9.86. The number of thiophene rings is 1. The third-order valence-corrected chi connectivity index (χ3v) is 6.77. The fourth-order valence-electron chi connectivity index (χ4n) is 3.29. The summed E-state index contributed by atoms with van der Waals surface area (Å²) in [5.74, 6) is -1.01. The van der Waals surface area contributed by atoms with Crippen molar-refractivity contribution >= 4 is 40.7 Å². The van der Waals surface area contributed by atoms with E-state index >= 15 is 0 Å². The number of thioether (sulfide) groups is 1. The summed E-state index contributed by atoms with van der Waals surface area (Å²) in [5.41, 5.74) is 2.24. The summed E-state index contributed by atoms with van der Waals surface area (Å²) in [5, 5.41) is 18.6. The van der Waals surface area contributed by atoms with Crippen LogP contribution in [-0.2, 0) is 14.3 Å². The normalized spacial score (nSPS) is 15.7. The Morgan fingerprint density at radius 1 is 1.25 bits per heavy atom. The minimum absolute atomic E-state index is 0.0905. The average molecular weight is 468 g/mol. The van der Waals surface area contributed by atoms with E-state index in [4.69, 9.17) is 4.74 Å². The van der Waals surface area contributed by atoms with Crippen molar-refractivity contribution in [3.8, 4) is 6.07 Å². The van der Waals surface area contributed by atoms with Crippen LogP contribution >= 0.6 is 23.1 Å². The van der Waals surface area contributed by atoms with Gasteiger partial charge >= 0.3 is 5.97 Å². The van der Waals surface area contributed by atoms with Crippen LogP contribution in [0.15, 0.2) is 69.7 Å². The second-order valence-corrected chi connectivity index (χ2v) is 9.11. The summed E-state index contributed by atoms with van der Waals surface area (Å²) < 4.78 is 5.23. The second kappa shape index (κ2) is 11.6. The molecule has 32 heavy (non-hydrogen) atoms. The number of carbonyl (C=O) groups is 2. The van der Waals surface area contributed by atoms with E-state index in [1.165, 1.54) is 23.1 Å². The number of hydrogen-bond acceptors (Lipinski definition) is 7. The maximum Gasteiger partial charge on any atom is 0.316 e. The zero-order valence-electron chi connectivity index (χ0n) is 18.0. The summed E-state index contributed by atoms with van der Waals surface area (Å²) in [7, 11) is 0. The molecule has 1 aromatic heterocycles. The predicted molar refractivity (Wildman–Crippen MR) is 129 cm³/mol. The summed E-state index contributed by atoms with van der Waals surface area (Å²) in [6, 6.07) is 15.3. The summed E-state index contributed by atoms with van der Waals surface area (Å²) in [6.07, 6.45) is 1.77. The molecule has 2 heterocycles. The van der Waals surface area contributed by atoms with Crippen LogP contribution in [0.25, 0.3) is 0 Å². The zero-order chi connectivity index (χ0) is 22.9. The van der Waals surface area contributed by atoms with E-state index in [1.807, 2.05) is 61.7 Å². The number of dihydropyridines is 1. The second-order valence-electron chi connectivity index (χ2n) is 7.15. The Hall–Kier alpha value is -3.02. The average Bonchev–Trinajstić information content (AvgIpc) is 3.32. The third kappa shape index (κ3) is 5.81. The van der Waals surface area contributed by atoms with Crippen molar-refractivity contribution < 1.29 is 14.3 Å². The molecular formula is C24H25N3O3S2. The Labute approximate surface area is 196 Å². The first-order valence-electron chi connectivity index (χ1n) is 10.3. The van der Waals surface area contributed by atoms with Crippen LogP contribution in [0.5, 0.6) is 0 Å². The summed E-state index contributed by atoms with van der Waals surface area (Å²) in [6.45, 7) is 4.24. The summed E-state index contributed by atoms with van der Waals surface area (Å²) >= 11 is 2.72. The minimum atomic E-state index is -0.511. The lowest BCUT2D eigenvalue weighted by molar-refractivity contribution is -0.140. The number of benzene rings is 1. The Kier molecular flexibility index (Phi) is 8.54. The van der Waals surface area contributed by atoms with Gasteiger partial charge in [-0.05, 0) is 36.9 Å². The first-order valence-corrected chi connectivity index (χ1v) is 12.2. The van der Waals surface area contributed by atoms with Crippen molar-refractivity contribution in [2.75, 3.05) is 17.7 Å². The largest absolute Gasteiger partial charge is 0.465 e. The van der Waals surface area contributed by atoms with Crippen molar-refractivity contribution in [3.05, 3.63) is 74.6 Å². The Bertz CT molecular complexity index is 1050. The molecule has 0 bridgehead atoms. The van der Waals surface area contributed by atoms with Crippen LogP contribution in [0, 0.1) is 11.3 Å². The molecule has 166 valence electrons. The SMILES string of the molecule is CCCCOC(=O)CSC1=C(C#N)[C@H](c2cccs2)C(C(=O)Nc2ccccc2)=C(C)N1. The quantitative estimate of drug-likeness (QED) is 0.391. The number of para-hydroxylation sites is 1. The number of anilines is 1. The van der Waals surface area contributed by atoms with Gasteiger partial charge in [0.2, 0.25) is 0 Å². The summed E-state index contributed by atoms with van der Waals surface area (Å²) in [4.78, 5) is 26.2. The van der Waals surface area contributed by atoms with Crippen molar-refractivity contribution in [2.45, 2.75) is 32.6 Å². The standard InChI is InChI=1S/C24H25N3O3S2/c1-3-4-12-30-20(28)15-32-24-18(14-25)22(19-11-8-13-31-19)21(16(2)26-24)23(29)27-17-9-6-5-7-10-17/h5-11,13,22,26H,3-4,12,15H2,1-2H3,(H,27,29)/t22-/m1/s1. The van der Waals surface area contributed by atoms with E-state index in [1.54, 1.807) is 0 Å². The van der Waals surface area contributed by atoms with Crippen molar-refractivity contribution in [3.63, 3.8) is 0 Å². The van der Waals surface area contributed by atoms with Crippen molar-refractivity contribution in [1.82, 2.24) is 5.32 Å². The van der Waals surface area contributed by atoms with Gasteiger partial charge in [0, 0.05) is 21.8 Å². The third-order valence-electron chi connectivity index (χ3n) is 4.85. The number of carbonyl (C=O) groups excluding carboxylic acids is 2. The molecule has 1 aliphatic heterocycles. The van der Waals surface area contributed by atoms with Gasteiger partial charge in [-0.3, -0.25) is 9.59 Å². The maximum absolute atomic E-state index is 13.2. The fraction of sp³-hybridized carbons (Fsp3) is 0.292. The van der Waals surface area contributed by atoms with E-state index in [0.29, 0.717) is 34.2 Å². The van der Waals surface area contributed by atoms with Crippen LogP contribution in [0.1, 0.15) is 37.5 Å². The van der Waals surface area contributed by atoms with Crippen LogP contribution < -0.4 is 10.6 Å². The zero-order valence-corrected chi connectivity index (χ0v) is 19.6. The topological polar surface area (TPSA) is 91.2 Å². The van der Waals surface area contributed by atoms with E-state index in [2.05, 4.69) is 16.7 Å². The molecule has 3 rings (SSSR count). The Morgan fingerprint density at radius 3 is 2.69 bits per heavy atom. The number of allylic oxidation sites excluding steroid dienone is 2. The lowest BCUT2D eigenvalue weighted by Crippen LogP contribution is -2.30. The number of esters is 1. The van der Waals surface area contributed by atoms with E-state index < -0.39 is 5.92 Å². The molecule has 6 nitrogen and oxygen atoms in total. The number of ether oxygens (including phenoxy) is 1. The number of amides is 1. The Morgan fingerprint density at radius 2 is 2.03 bits per heavy atom. The van der Waals surface area contributed by atoms with Crippen molar-refractivity contribution in [1.29, 1.82) is 5.26 Å². The molecule has 8 heteroatoms. The van der Waals surface area contributed by atoms with Crippen molar-refractivity contribution in [2.24, 2.45) is 0 Å². The maximum atomic E-state index is 13.2. The molecule has 0 fully saturated rings. The van der Waals surface area contributed by atoms with Gasteiger partial charge < -0.3 is 15.4 Å². The van der Waals surface area contributed by atoms with E-state index in [9.17, 15) is 14.9 Å². The number of rotatable bonds is 9. The highest BCUT2D eigenvalue weighted by atomic mass is 32.2. The van der Waals surface area contributed by atoms with Gasteiger partial charge in [-0.25, -0.2) is 0 Å². The number of nitriles is 1. The van der Waals surface area contributed by atoms with Gasteiger partial charge in [-0.15, -0.1) is 11.3 Å². The Balaban J connectivity index is 1.86. The number of hydrogen-bond donors (Lipinski definition) is 2. The first-order chi connectivity index (χ1) is 15.5. The molecule has 2 N–H and O–H groups in total. The number of nitrogens with one attached hydrogen (secondary N) is 2. The van der Waals surface area contributed by atoms with E-state index in [0.717, 1.165) is 17.7 Å². The highest BCUT2D eigenvalue weighted by molar-refractivity contribution is 8.03. The van der Waals surface area contributed by atoms with Crippen LogP contribution in [0.3, 0.4) is 0 Å². The lowest BCUT2D eigenvalue weighted by Gasteiger charge is -2.29. The molecule has 0 saturated heterocycles. The van der Waals surface area contributed by atoms with Gasteiger partial charge in [0.15, 0.2) is 0 Å². The van der Waals surface area contributed by atoms with Gasteiger partial charge in [0.05, 0.1) is 34.9 Å². The molecule has 1 aromatic carbocycles. The van der Waals surface area contributed by atoms with Gasteiger partial charge in [0.1, 0.15) is 0 Å². The molecule has 0 spiro atoms. The molecule has 1 atom stereocenters. The van der Waals surface area contributed by atoms with Crippen LogP contribution in [0.4, 0.5) is 5.69 Å². The monoisotopic (exact) mass is 467 g/mol. The molecule has 0 aliphatic carbocycles. The molecular weight excluding hydrogens is 442 g/mol. The van der Waals surface area contributed by atoms with Gasteiger partial charge in [0.25, 0.3) is 5.91 Å². The van der Waals surface area contributed by atoms with E-state index in [-0.39, 0.29) is 17.6 Å². The van der Waals surface area contributed by atoms with Gasteiger partial charge in [-0.1, -0.05) is 49.4 Å². The number of unbranched alkanes of at least 4 members (excludes halogenated alkanes) is 1. The molecule has 0 saturated carbocycles. The predicted octanol–water partition coefficient (Wildman–Crippen LogP) is 5.16. The van der Waals surface area contributed by atoms with Crippen LogP contribution in [-0.4, -0.2) is 24.2 Å². The first kappa shape index (κ1) is 23.6. The molecule has 2 aromatic rings. The highest BCUT2D eigenvalue weighted by Crippen LogP contribution is 2.42. The number of nitrogens with zero attached hydrogens (tertiary/aromatic N) is 1. The van der Waals surface area contributed by atoms with Crippen LogP contribution in [0.2, 0.25) is 0 Å².